The van der Waals surface area contributed by atoms with Crippen LogP contribution in [-0.4, -0.2) is 63.4 Å². The first-order valence-corrected chi connectivity index (χ1v) is 10.5. The third-order valence-corrected chi connectivity index (χ3v) is 6.09. The van der Waals surface area contributed by atoms with Crippen LogP contribution in [0.4, 0.5) is 24.5 Å². The number of aliphatic hydroxyl groups excluding tert-OH is 2. The van der Waals surface area contributed by atoms with E-state index in [1.54, 1.807) is 15.9 Å². The fourth-order valence-corrected chi connectivity index (χ4v) is 4.40. The van der Waals surface area contributed by atoms with Crippen LogP contribution >= 0.6 is 11.3 Å². The normalized spacial score (nSPS) is 17.8. The van der Waals surface area contributed by atoms with Crippen LogP contribution in [0.3, 0.4) is 0 Å². The summed E-state index contributed by atoms with van der Waals surface area (Å²) in [6.45, 7) is 2.39. The number of piperazine rings is 1. The van der Waals surface area contributed by atoms with E-state index in [0.29, 0.717) is 35.0 Å². The van der Waals surface area contributed by atoms with E-state index in [0.717, 1.165) is 6.07 Å². The highest BCUT2D eigenvalue weighted by atomic mass is 32.1. The number of aliphatic hydroxyl groups is 2. The van der Waals surface area contributed by atoms with Crippen molar-refractivity contribution in [2.75, 3.05) is 36.5 Å². The molecule has 0 saturated carbocycles. The van der Waals surface area contributed by atoms with Gasteiger partial charge in [0.2, 0.25) is 0 Å². The number of nitrogens with zero attached hydrogens (tertiary/aromatic N) is 4. The molecule has 3 N–H and O–H groups in total. The largest absolute Gasteiger partial charge is 0.393 e. The molecule has 3 heterocycles. The van der Waals surface area contributed by atoms with Gasteiger partial charge in [0.15, 0.2) is 16.8 Å². The lowest BCUT2D eigenvalue weighted by atomic mass is 10.1. The SMILES string of the molecule is CC1CN(C(=O)Nc2nc3ccc(F)cc3s2)CCN1c1ncc([C@H](O)CO)cc1F. The number of carbonyl (C=O) groups is 1. The maximum absolute atomic E-state index is 14.6. The monoisotopic (exact) mass is 449 g/mol. The van der Waals surface area contributed by atoms with Gasteiger partial charge in [-0.1, -0.05) is 11.3 Å². The second-order valence-electron chi connectivity index (χ2n) is 7.32. The van der Waals surface area contributed by atoms with Crippen LogP contribution in [-0.2, 0) is 0 Å². The van der Waals surface area contributed by atoms with Crippen molar-refractivity contribution in [3.63, 3.8) is 0 Å². The number of hydrogen-bond donors (Lipinski definition) is 3. The van der Waals surface area contributed by atoms with E-state index in [2.05, 4.69) is 15.3 Å². The number of carbonyl (C=O) groups excluding carboxylic acids is 1. The van der Waals surface area contributed by atoms with Crippen molar-refractivity contribution >= 4 is 38.5 Å². The molecule has 4 rings (SSSR count). The topological polar surface area (TPSA) is 102 Å². The number of fused-ring (bicyclic) bond motifs is 1. The van der Waals surface area contributed by atoms with Crippen LogP contribution in [0.5, 0.6) is 0 Å². The number of halogens is 2. The summed E-state index contributed by atoms with van der Waals surface area (Å²) in [5.74, 6) is -0.829. The number of rotatable bonds is 4. The highest BCUT2D eigenvalue weighted by Gasteiger charge is 2.30. The van der Waals surface area contributed by atoms with Crippen LogP contribution in [0.25, 0.3) is 10.2 Å². The molecule has 11 heteroatoms. The molecule has 0 bridgehead atoms. The summed E-state index contributed by atoms with van der Waals surface area (Å²) in [7, 11) is 0. The minimum atomic E-state index is -1.19. The van der Waals surface area contributed by atoms with Gasteiger partial charge in [-0.3, -0.25) is 5.32 Å². The summed E-state index contributed by atoms with van der Waals surface area (Å²) in [4.78, 5) is 24.4. The van der Waals surface area contributed by atoms with Crippen LogP contribution in [0, 0.1) is 11.6 Å². The molecule has 2 amide bonds. The van der Waals surface area contributed by atoms with Gasteiger partial charge in [0, 0.05) is 37.4 Å². The fourth-order valence-electron chi connectivity index (χ4n) is 3.52. The number of anilines is 2. The Kier molecular flexibility index (Phi) is 5.99. The molecule has 2 atom stereocenters. The molecule has 31 heavy (non-hydrogen) atoms. The zero-order valence-corrected chi connectivity index (χ0v) is 17.4. The lowest BCUT2D eigenvalue weighted by Crippen LogP contribution is -2.55. The summed E-state index contributed by atoms with van der Waals surface area (Å²) >= 11 is 1.19. The van der Waals surface area contributed by atoms with Crippen LogP contribution in [0.2, 0.25) is 0 Å². The smallest absolute Gasteiger partial charge is 0.323 e. The molecule has 164 valence electrons. The first-order chi connectivity index (χ1) is 14.9. The van der Waals surface area contributed by atoms with Gasteiger partial charge in [0.25, 0.3) is 0 Å². The number of hydrogen-bond acceptors (Lipinski definition) is 7. The standard InChI is InChI=1S/C20H21F2N5O3S/c1-11-9-26(20(30)25-19-24-15-3-2-13(21)7-17(15)31-19)4-5-27(11)18-14(22)6-12(8-23-18)16(29)10-28/h2-3,6-8,11,16,28-29H,4-5,9-10H2,1H3,(H,24,25,30)/t11?,16-/m1/s1. The average Bonchev–Trinajstić information content (AvgIpc) is 3.14. The Morgan fingerprint density at radius 1 is 1.35 bits per heavy atom. The van der Waals surface area contributed by atoms with E-state index in [4.69, 9.17) is 5.11 Å². The molecule has 1 aliphatic rings. The average molecular weight is 449 g/mol. The van der Waals surface area contributed by atoms with E-state index in [1.807, 2.05) is 6.92 Å². The van der Waals surface area contributed by atoms with Gasteiger partial charge >= 0.3 is 6.03 Å². The minimum absolute atomic E-state index is 0.134. The van der Waals surface area contributed by atoms with E-state index in [-0.39, 0.29) is 29.3 Å². The number of benzene rings is 1. The number of thiazole rings is 1. The molecule has 3 aromatic rings. The number of amides is 2. The summed E-state index contributed by atoms with van der Waals surface area (Å²) in [5.41, 5.74) is 0.807. The Balaban J connectivity index is 1.42. The molecular weight excluding hydrogens is 428 g/mol. The summed E-state index contributed by atoms with van der Waals surface area (Å²) in [6, 6.07) is 4.87. The van der Waals surface area contributed by atoms with Crippen molar-refractivity contribution in [2.45, 2.75) is 19.1 Å². The van der Waals surface area contributed by atoms with E-state index < -0.39 is 18.5 Å². The molecule has 1 aromatic carbocycles. The first-order valence-electron chi connectivity index (χ1n) is 9.68. The van der Waals surface area contributed by atoms with Gasteiger partial charge < -0.3 is 20.0 Å². The maximum atomic E-state index is 14.6. The van der Waals surface area contributed by atoms with E-state index in [1.165, 1.54) is 29.7 Å². The van der Waals surface area contributed by atoms with Crippen molar-refractivity contribution in [3.05, 3.63) is 47.7 Å². The van der Waals surface area contributed by atoms with Gasteiger partial charge in [0.05, 0.1) is 16.8 Å². The van der Waals surface area contributed by atoms with Crippen LogP contribution in [0.15, 0.2) is 30.5 Å². The van der Waals surface area contributed by atoms with Crippen molar-refractivity contribution in [3.8, 4) is 0 Å². The van der Waals surface area contributed by atoms with Crippen LogP contribution < -0.4 is 10.2 Å². The van der Waals surface area contributed by atoms with Gasteiger partial charge in [-0.15, -0.1) is 0 Å². The molecule has 1 saturated heterocycles. The highest BCUT2D eigenvalue weighted by molar-refractivity contribution is 7.22. The zero-order valence-electron chi connectivity index (χ0n) is 16.6. The summed E-state index contributed by atoms with van der Waals surface area (Å²) in [5, 5.41) is 21.8. The second-order valence-corrected chi connectivity index (χ2v) is 8.35. The lowest BCUT2D eigenvalue weighted by Gasteiger charge is -2.40. The fraction of sp³-hybridized carbons (Fsp3) is 0.350. The molecule has 0 radical (unpaired) electrons. The number of aromatic nitrogens is 2. The molecule has 1 aliphatic heterocycles. The minimum Gasteiger partial charge on any atom is -0.393 e. The van der Waals surface area contributed by atoms with Gasteiger partial charge in [0.1, 0.15) is 11.9 Å². The Bertz CT molecular complexity index is 1110. The van der Waals surface area contributed by atoms with Gasteiger partial charge in [-0.05, 0) is 31.2 Å². The molecular formula is C20H21F2N5O3S. The van der Waals surface area contributed by atoms with Gasteiger partial charge in [-0.2, -0.15) is 0 Å². The Morgan fingerprint density at radius 2 is 2.16 bits per heavy atom. The summed E-state index contributed by atoms with van der Waals surface area (Å²) < 4.78 is 28.5. The summed E-state index contributed by atoms with van der Waals surface area (Å²) in [6.07, 6.45) is 0.147. The molecule has 2 aromatic heterocycles. The highest BCUT2D eigenvalue weighted by Crippen LogP contribution is 2.28. The molecule has 8 nitrogen and oxygen atoms in total. The Labute approximate surface area is 180 Å². The van der Waals surface area contributed by atoms with Crippen molar-refractivity contribution in [2.24, 2.45) is 0 Å². The third kappa shape index (κ3) is 4.43. The zero-order chi connectivity index (χ0) is 22.1. The van der Waals surface area contributed by atoms with E-state index >= 15 is 0 Å². The molecule has 0 spiro atoms. The van der Waals surface area contributed by atoms with Crippen molar-refractivity contribution in [1.82, 2.24) is 14.9 Å². The van der Waals surface area contributed by atoms with Gasteiger partial charge in [-0.25, -0.2) is 23.5 Å². The second kappa shape index (κ2) is 8.69. The predicted octanol–water partition coefficient (Wildman–Crippen LogP) is 2.74. The molecule has 1 unspecified atom stereocenters. The van der Waals surface area contributed by atoms with Crippen LogP contribution in [0.1, 0.15) is 18.6 Å². The lowest BCUT2D eigenvalue weighted by molar-refractivity contribution is 0.0951. The Morgan fingerprint density at radius 3 is 2.87 bits per heavy atom. The predicted molar refractivity (Wildman–Crippen MR) is 113 cm³/mol. The number of nitrogens with one attached hydrogen (secondary N) is 1. The molecule has 0 aliphatic carbocycles. The third-order valence-electron chi connectivity index (χ3n) is 5.15. The van der Waals surface area contributed by atoms with Crippen molar-refractivity contribution < 1.29 is 23.8 Å². The maximum Gasteiger partial charge on any atom is 0.323 e. The number of pyridine rings is 1. The first kappa shape index (κ1) is 21.3. The Hall–Kier alpha value is -2.89. The van der Waals surface area contributed by atoms with Crippen molar-refractivity contribution in [1.29, 1.82) is 0 Å². The molecule has 1 fully saturated rings. The number of urea groups is 1. The van der Waals surface area contributed by atoms with E-state index in [9.17, 15) is 18.7 Å². The quantitative estimate of drug-likeness (QED) is 0.566.